The zero-order chi connectivity index (χ0) is 15.5. The molecule has 1 atom stereocenters. The summed E-state index contributed by atoms with van der Waals surface area (Å²) in [7, 11) is 0. The van der Waals surface area contributed by atoms with Crippen LogP contribution in [0.2, 0.25) is 0 Å². The molecule has 0 radical (unpaired) electrons. The van der Waals surface area contributed by atoms with E-state index in [1.54, 1.807) is 4.90 Å². The Morgan fingerprint density at radius 2 is 1.90 bits per heavy atom. The van der Waals surface area contributed by atoms with Crippen LogP contribution in [0.25, 0.3) is 0 Å². The molecule has 0 aromatic heterocycles. The molecule has 0 aromatic carbocycles. The van der Waals surface area contributed by atoms with Crippen LogP contribution >= 0.6 is 0 Å². The highest BCUT2D eigenvalue weighted by atomic mass is 16.5. The van der Waals surface area contributed by atoms with Crippen molar-refractivity contribution in [2.24, 2.45) is 5.92 Å². The predicted molar refractivity (Wildman–Crippen MR) is 82.9 cm³/mol. The summed E-state index contributed by atoms with van der Waals surface area (Å²) in [5, 5.41) is 2.97. The maximum absolute atomic E-state index is 11.9. The molecule has 0 aliphatic carbocycles. The normalized spacial score (nSPS) is 16.6. The molecule has 1 rings (SSSR count). The Hall–Kier alpha value is -1.10. The maximum Gasteiger partial charge on any atom is 0.223 e. The molecule has 1 fully saturated rings. The third-order valence-corrected chi connectivity index (χ3v) is 4.06. The lowest BCUT2D eigenvalue weighted by Gasteiger charge is -2.26. The fourth-order valence-electron chi connectivity index (χ4n) is 2.48. The highest BCUT2D eigenvalue weighted by Gasteiger charge is 2.17. The molecule has 1 N–H and O–H groups in total. The number of hydrogen-bond acceptors (Lipinski definition) is 3. The third-order valence-electron chi connectivity index (χ3n) is 4.06. The van der Waals surface area contributed by atoms with Gasteiger partial charge in [0.15, 0.2) is 0 Å². The van der Waals surface area contributed by atoms with Crippen LogP contribution < -0.4 is 5.32 Å². The number of hydrogen-bond donors (Lipinski definition) is 1. The van der Waals surface area contributed by atoms with E-state index >= 15 is 0 Å². The molecular weight excluding hydrogens is 268 g/mol. The Bertz CT molecular complexity index is 315. The van der Waals surface area contributed by atoms with E-state index in [0.717, 1.165) is 13.0 Å². The summed E-state index contributed by atoms with van der Waals surface area (Å²) in [6.07, 6.45) is 5.26. The number of carbonyl (C=O) groups excluding carboxylic acids is 2. The molecule has 21 heavy (non-hydrogen) atoms. The topological polar surface area (TPSA) is 58.6 Å². The first-order valence-electron chi connectivity index (χ1n) is 8.29. The number of morpholine rings is 1. The Morgan fingerprint density at radius 1 is 1.19 bits per heavy atom. The van der Waals surface area contributed by atoms with E-state index in [4.69, 9.17) is 4.74 Å². The van der Waals surface area contributed by atoms with Crippen LogP contribution in [0.4, 0.5) is 0 Å². The number of rotatable bonds is 9. The lowest BCUT2D eigenvalue weighted by molar-refractivity contribution is -0.137. The lowest BCUT2D eigenvalue weighted by atomic mass is 9.99. The van der Waals surface area contributed by atoms with E-state index in [0.29, 0.717) is 45.1 Å². The van der Waals surface area contributed by atoms with Gasteiger partial charge in [0.05, 0.1) is 13.2 Å². The molecule has 1 heterocycles. The molecule has 1 aliphatic rings. The van der Waals surface area contributed by atoms with E-state index in [1.807, 2.05) is 0 Å². The number of carbonyl (C=O) groups is 2. The van der Waals surface area contributed by atoms with Crippen molar-refractivity contribution >= 4 is 11.8 Å². The zero-order valence-electron chi connectivity index (χ0n) is 13.5. The van der Waals surface area contributed by atoms with Gasteiger partial charge in [-0.1, -0.05) is 33.1 Å². The minimum atomic E-state index is -0.00782. The molecule has 1 saturated heterocycles. The van der Waals surface area contributed by atoms with Gasteiger partial charge in [-0.2, -0.15) is 0 Å². The van der Waals surface area contributed by atoms with Gasteiger partial charge < -0.3 is 15.0 Å². The Kier molecular flexibility index (Phi) is 9.06. The van der Waals surface area contributed by atoms with Gasteiger partial charge in [-0.15, -0.1) is 0 Å². The van der Waals surface area contributed by atoms with Crippen LogP contribution in [0, 0.1) is 5.92 Å². The van der Waals surface area contributed by atoms with Crippen molar-refractivity contribution in [3.8, 4) is 0 Å². The van der Waals surface area contributed by atoms with Gasteiger partial charge in [-0.3, -0.25) is 9.59 Å². The fraction of sp³-hybridized carbons (Fsp3) is 0.875. The van der Waals surface area contributed by atoms with Crippen molar-refractivity contribution in [2.45, 2.75) is 52.4 Å². The minimum Gasteiger partial charge on any atom is -0.378 e. The van der Waals surface area contributed by atoms with Crippen molar-refractivity contribution < 1.29 is 14.3 Å². The molecule has 0 aromatic rings. The van der Waals surface area contributed by atoms with Crippen molar-refractivity contribution in [3.63, 3.8) is 0 Å². The maximum atomic E-state index is 11.9. The number of ether oxygens (including phenoxy) is 1. The van der Waals surface area contributed by atoms with Crippen molar-refractivity contribution in [2.75, 3.05) is 32.8 Å². The Balaban J connectivity index is 2.16. The van der Waals surface area contributed by atoms with Crippen LogP contribution in [-0.4, -0.2) is 49.6 Å². The average Bonchev–Trinajstić information content (AvgIpc) is 2.53. The summed E-state index contributed by atoms with van der Waals surface area (Å²) in [4.78, 5) is 25.5. The quantitative estimate of drug-likeness (QED) is 0.708. The number of nitrogens with zero attached hydrogens (tertiary/aromatic N) is 1. The van der Waals surface area contributed by atoms with Gasteiger partial charge in [-0.25, -0.2) is 0 Å². The van der Waals surface area contributed by atoms with Gasteiger partial charge in [0, 0.05) is 32.5 Å². The first kappa shape index (κ1) is 18.0. The van der Waals surface area contributed by atoms with Crippen molar-refractivity contribution in [3.05, 3.63) is 0 Å². The zero-order valence-corrected chi connectivity index (χ0v) is 13.5. The summed E-state index contributed by atoms with van der Waals surface area (Å²) in [6, 6.07) is 0. The highest BCUT2D eigenvalue weighted by Crippen LogP contribution is 2.11. The van der Waals surface area contributed by atoms with Crippen LogP contribution in [0.1, 0.15) is 52.4 Å². The molecular formula is C16H30N2O3. The minimum absolute atomic E-state index is 0.00782. The van der Waals surface area contributed by atoms with E-state index in [2.05, 4.69) is 19.2 Å². The SMILES string of the molecule is CCCCC(CC)CNC(=O)CCC(=O)N1CCOCC1. The molecule has 2 amide bonds. The van der Waals surface area contributed by atoms with Gasteiger partial charge >= 0.3 is 0 Å². The molecule has 1 aliphatic heterocycles. The fourth-order valence-corrected chi connectivity index (χ4v) is 2.48. The molecule has 0 spiro atoms. The number of unbranched alkanes of at least 4 members (excludes halogenated alkanes) is 1. The largest absolute Gasteiger partial charge is 0.378 e. The molecule has 1 unspecified atom stereocenters. The van der Waals surface area contributed by atoms with E-state index in [1.165, 1.54) is 19.3 Å². The van der Waals surface area contributed by atoms with E-state index in [-0.39, 0.29) is 11.8 Å². The van der Waals surface area contributed by atoms with Gasteiger partial charge in [0.25, 0.3) is 0 Å². The van der Waals surface area contributed by atoms with Gasteiger partial charge in [-0.05, 0) is 12.3 Å². The summed E-state index contributed by atoms with van der Waals surface area (Å²) in [6.45, 7) is 7.59. The van der Waals surface area contributed by atoms with Crippen molar-refractivity contribution in [1.29, 1.82) is 0 Å². The van der Waals surface area contributed by atoms with E-state index < -0.39 is 0 Å². The monoisotopic (exact) mass is 298 g/mol. The molecule has 122 valence electrons. The smallest absolute Gasteiger partial charge is 0.223 e. The summed E-state index contributed by atoms with van der Waals surface area (Å²) in [5.74, 6) is 0.613. The van der Waals surface area contributed by atoms with Gasteiger partial charge in [0.2, 0.25) is 11.8 Å². The first-order chi connectivity index (χ1) is 10.2. The molecule has 0 bridgehead atoms. The summed E-state index contributed by atoms with van der Waals surface area (Å²) in [5.41, 5.74) is 0. The lowest BCUT2D eigenvalue weighted by Crippen LogP contribution is -2.41. The third kappa shape index (κ3) is 7.46. The van der Waals surface area contributed by atoms with Crippen LogP contribution in [0.5, 0.6) is 0 Å². The molecule has 0 saturated carbocycles. The number of amides is 2. The summed E-state index contributed by atoms with van der Waals surface area (Å²) < 4.78 is 5.21. The average molecular weight is 298 g/mol. The van der Waals surface area contributed by atoms with Crippen LogP contribution in [0.3, 0.4) is 0 Å². The standard InChI is InChI=1S/C16H30N2O3/c1-3-5-6-14(4-2)13-17-15(19)7-8-16(20)18-9-11-21-12-10-18/h14H,3-13H2,1-2H3,(H,17,19). The predicted octanol–water partition coefficient (Wildman–Crippen LogP) is 1.96. The second kappa shape index (κ2) is 10.6. The molecule has 5 nitrogen and oxygen atoms in total. The second-order valence-electron chi connectivity index (χ2n) is 5.71. The molecule has 5 heteroatoms. The van der Waals surface area contributed by atoms with Crippen LogP contribution in [-0.2, 0) is 14.3 Å². The second-order valence-corrected chi connectivity index (χ2v) is 5.71. The number of nitrogens with one attached hydrogen (secondary N) is 1. The first-order valence-corrected chi connectivity index (χ1v) is 8.29. The van der Waals surface area contributed by atoms with Crippen LogP contribution in [0.15, 0.2) is 0 Å². The van der Waals surface area contributed by atoms with Crippen molar-refractivity contribution in [1.82, 2.24) is 10.2 Å². The van der Waals surface area contributed by atoms with E-state index in [9.17, 15) is 9.59 Å². The van der Waals surface area contributed by atoms with Gasteiger partial charge in [0.1, 0.15) is 0 Å². The highest BCUT2D eigenvalue weighted by molar-refractivity contribution is 5.83. The Labute approximate surface area is 128 Å². The Morgan fingerprint density at radius 3 is 2.52 bits per heavy atom. The summed E-state index contributed by atoms with van der Waals surface area (Å²) >= 11 is 0.